The normalized spacial score (nSPS) is 14.8. The van der Waals surface area contributed by atoms with Gasteiger partial charge in [0.2, 0.25) is 0 Å². The number of nitrogens with zero attached hydrogens (tertiary/aromatic N) is 2. The summed E-state index contributed by atoms with van der Waals surface area (Å²) in [7, 11) is 0. The molecule has 3 N–H and O–H groups in total. The van der Waals surface area contributed by atoms with Crippen LogP contribution in [-0.2, 0) is 6.54 Å². The van der Waals surface area contributed by atoms with Gasteiger partial charge in [0.05, 0.1) is 0 Å². The first-order valence-corrected chi connectivity index (χ1v) is 8.93. The number of benzene rings is 2. The van der Waals surface area contributed by atoms with Crippen LogP contribution in [0.5, 0.6) is 0 Å². The van der Waals surface area contributed by atoms with Crippen LogP contribution < -0.4 is 11.1 Å². The summed E-state index contributed by atoms with van der Waals surface area (Å²) in [6, 6.07) is 10.6. The second kappa shape index (κ2) is 8.37. The Morgan fingerprint density at radius 2 is 1.74 bits per heavy atom. The molecule has 1 fully saturated rings. The summed E-state index contributed by atoms with van der Waals surface area (Å²) in [6.45, 7) is 2.79. The number of carbonyl (C=O) groups excluding carboxylic acids is 2. The molecule has 0 unspecified atom stereocenters. The zero-order valence-corrected chi connectivity index (χ0v) is 15.4. The summed E-state index contributed by atoms with van der Waals surface area (Å²) >= 11 is 6.09. The molecule has 0 aromatic heterocycles. The van der Waals surface area contributed by atoms with E-state index in [0.717, 1.165) is 0 Å². The number of piperazine rings is 1. The van der Waals surface area contributed by atoms with Crippen molar-refractivity contribution in [3.05, 3.63) is 64.4 Å². The second-order valence-electron chi connectivity index (χ2n) is 6.34. The molecule has 0 radical (unpaired) electrons. The molecule has 0 saturated carbocycles. The van der Waals surface area contributed by atoms with Crippen molar-refractivity contribution in [3.8, 4) is 0 Å². The van der Waals surface area contributed by atoms with Gasteiger partial charge in [-0.05, 0) is 36.4 Å². The quantitative estimate of drug-likeness (QED) is 0.842. The molecular formula is C19H20ClFN4O2. The van der Waals surface area contributed by atoms with Crippen LogP contribution in [0, 0.1) is 5.82 Å². The highest BCUT2D eigenvalue weighted by Crippen LogP contribution is 2.21. The molecule has 1 saturated heterocycles. The monoisotopic (exact) mass is 390 g/mol. The summed E-state index contributed by atoms with van der Waals surface area (Å²) in [5.74, 6) is -0.394. The summed E-state index contributed by atoms with van der Waals surface area (Å²) < 4.78 is 13.9. The molecule has 0 aliphatic carbocycles. The first-order chi connectivity index (χ1) is 12.9. The van der Waals surface area contributed by atoms with Gasteiger partial charge in [0.1, 0.15) is 5.82 Å². The standard InChI is InChI=1S/C19H20ClFN4O2/c20-16-2-1-3-17(21)15(16)12-24-8-10-25(11-9-24)18(26)13-4-6-14(7-5-13)23-19(22)27/h1-7H,8-12H2,(H3,22,23,27). The van der Waals surface area contributed by atoms with Gasteiger partial charge in [-0.1, -0.05) is 17.7 Å². The maximum Gasteiger partial charge on any atom is 0.316 e. The molecule has 1 aliphatic heterocycles. The fourth-order valence-electron chi connectivity index (χ4n) is 3.04. The third kappa shape index (κ3) is 4.75. The van der Waals surface area contributed by atoms with Crippen molar-refractivity contribution in [2.45, 2.75) is 6.54 Å². The van der Waals surface area contributed by atoms with Crippen LogP contribution >= 0.6 is 11.6 Å². The van der Waals surface area contributed by atoms with Crippen molar-refractivity contribution < 1.29 is 14.0 Å². The molecule has 8 heteroatoms. The Labute approximate surface area is 161 Å². The number of nitrogens with two attached hydrogens (primary N) is 1. The van der Waals surface area contributed by atoms with Gasteiger partial charge in [0.25, 0.3) is 5.91 Å². The number of hydrogen-bond acceptors (Lipinski definition) is 3. The van der Waals surface area contributed by atoms with E-state index in [1.165, 1.54) is 6.07 Å². The molecular weight excluding hydrogens is 371 g/mol. The summed E-state index contributed by atoms with van der Waals surface area (Å²) in [4.78, 5) is 27.3. The molecule has 2 aromatic carbocycles. The van der Waals surface area contributed by atoms with Crippen molar-refractivity contribution in [2.24, 2.45) is 5.73 Å². The van der Waals surface area contributed by atoms with Crippen LogP contribution in [0.3, 0.4) is 0 Å². The van der Waals surface area contributed by atoms with Gasteiger partial charge in [-0.25, -0.2) is 9.18 Å². The summed E-state index contributed by atoms with van der Waals surface area (Å²) in [6.07, 6.45) is 0. The van der Waals surface area contributed by atoms with Gasteiger partial charge in [0.15, 0.2) is 0 Å². The Bertz CT molecular complexity index is 816. The Morgan fingerprint density at radius 3 is 2.33 bits per heavy atom. The van der Waals surface area contributed by atoms with E-state index in [1.807, 2.05) is 0 Å². The van der Waals surface area contributed by atoms with Crippen LogP contribution in [0.4, 0.5) is 14.9 Å². The number of anilines is 1. The number of rotatable bonds is 4. The average Bonchev–Trinajstić information content (AvgIpc) is 2.65. The number of amides is 3. The van der Waals surface area contributed by atoms with E-state index in [4.69, 9.17) is 17.3 Å². The zero-order valence-electron chi connectivity index (χ0n) is 14.6. The highest BCUT2D eigenvalue weighted by Gasteiger charge is 2.23. The first-order valence-electron chi connectivity index (χ1n) is 8.55. The summed E-state index contributed by atoms with van der Waals surface area (Å²) in [5.41, 5.74) is 6.62. The lowest BCUT2D eigenvalue weighted by molar-refractivity contribution is 0.0627. The number of primary amides is 1. The molecule has 3 amide bonds. The predicted octanol–water partition coefficient (Wildman–Crippen LogP) is 2.93. The molecule has 1 aliphatic rings. The highest BCUT2D eigenvalue weighted by atomic mass is 35.5. The molecule has 0 atom stereocenters. The van der Waals surface area contributed by atoms with Crippen LogP contribution in [0.1, 0.15) is 15.9 Å². The van der Waals surface area contributed by atoms with Gasteiger partial charge in [0, 0.05) is 54.6 Å². The van der Waals surface area contributed by atoms with Gasteiger partial charge in [-0.2, -0.15) is 0 Å². The molecule has 0 spiro atoms. The van der Waals surface area contributed by atoms with Crippen LogP contribution in [0.15, 0.2) is 42.5 Å². The van der Waals surface area contributed by atoms with E-state index in [1.54, 1.807) is 41.3 Å². The van der Waals surface area contributed by atoms with Crippen LogP contribution in [0.2, 0.25) is 5.02 Å². The highest BCUT2D eigenvalue weighted by molar-refractivity contribution is 6.31. The molecule has 0 bridgehead atoms. The molecule has 3 rings (SSSR count). The van der Waals surface area contributed by atoms with Crippen molar-refractivity contribution in [1.82, 2.24) is 9.80 Å². The molecule has 1 heterocycles. The third-order valence-electron chi connectivity index (χ3n) is 4.50. The smallest absolute Gasteiger partial charge is 0.316 e. The number of urea groups is 1. The molecule has 27 heavy (non-hydrogen) atoms. The van der Waals surface area contributed by atoms with Gasteiger partial charge in [-0.3, -0.25) is 9.69 Å². The molecule has 2 aromatic rings. The number of carbonyl (C=O) groups is 2. The van der Waals surface area contributed by atoms with Gasteiger partial charge >= 0.3 is 6.03 Å². The largest absolute Gasteiger partial charge is 0.351 e. The van der Waals surface area contributed by atoms with Crippen molar-refractivity contribution >= 4 is 29.2 Å². The van der Waals surface area contributed by atoms with Gasteiger partial charge in [-0.15, -0.1) is 0 Å². The third-order valence-corrected chi connectivity index (χ3v) is 4.86. The van der Waals surface area contributed by atoms with E-state index in [0.29, 0.717) is 54.6 Å². The number of nitrogens with one attached hydrogen (secondary N) is 1. The first kappa shape index (κ1) is 19.1. The van der Waals surface area contributed by atoms with E-state index in [-0.39, 0.29) is 11.7 Å². The van der Waals surface area contributed by atoms with Crippen molar-refractivity contribution in [2.75, 3.05) is 31.5 Å². The second-order valence-corrected chi connectivity index (χ2v) is 6.74. The van der Waals surface area contributed by atoms with Crippen molar-refractivity contribution in [3.63, 3.8) is 0 Å². The minimum atomic E-state index is -0.653. The van der Waals surface area contributed by atoms with Gasteiger partial charge < -0.3 is 16.0 Å². The lowest BCUT2D eigenvalue weighted by Crippen LogP contribution is -2.48. The van der Waals surface area contributed by atoms with Crippen LogP contribution in [0.25, 0.3) is 0 Å². The van der Waals surface area contributed by atoms with Crippen LogP contribution in [-0.4, -0.2) is 47.9 Å². The van der Waals surface area contributed by atoms with E-state index < -0.39 is 6.03 Å². The van der Waals surface area contributed by atoms with E-state index >= 15 is 0 Å². The lowest BCUT2D eigenvalue weighted by atomic mass is 10.1. The number of halogens is 2. The maximum absolute atomic E-state index is 13.9. The Hall–Kier alpha value is -2.64. The Morgan fingerprint density at radius 1 is 1.07 bits per heavy atom. The number of hydrogen-bond donors (Lipinski definition) is 2. The minimum Gasteiger partial charge on any atom is -0.351 e. The Kier molecular flexibility index (Phi) is 5.93. The predicted molar refractivity (Wildman–Crippen MR) is 102 cm³/mol. The average molecular weight is 391 g/mol. The minimum absolute atomic E-state index is 0.0794. The topological polar surface area (TPSA) is 78.7 Å². The fraction of sp³-hybridized carbons (Fsp3) is 0.263. The van der Waals surface area contributed by atoms with E-state index in [9.17, 15) is 14.0 Å². The zero-order chi connectivity index (χ0) is 19.4. The van der Waals surface area contributed by atoms with E-state index in [2.05, 4.69) is 10.2 Å². The van der Waals surface area contributed by atoms with Crippen molar-refractivity contribution in [1.29, 1.82) is 0 Å². The summed E-state index contributed by atoms with van der Waals surface area (Å²) in [5, 5.41) is 2.87. The molecule has 6 nitrogen and oxygen atoms in total. The Balaban J connectivity index is 1.57. The lowest BCUT2D eigenvalue weighted by Gasteiger charge is -2.35. The SMILES string of the molecule is NC(=O)Nc1ccc(C(=O)N2CCN(Cc3c(F)cccc3Cl)CC2)cc1. The molecule has 142 valence electrons. The fourth-order valence-corrected chi connectivity index (χ4v) is 3.26. The maximum atomic E-state index is 13.9.